The number of piperazine rings is 1. The summed E-state index contributed by atoms with van der Waals surface area (Å²) in [5, 5.41) is 18.0. The molecule has 0 atom stereocenters. The maximum absolute atomic E-state index is 13.5. The second-order valence-electron chi connectivity index (χ2n) is 8.77. The molecule has 38 heavy (non-hydrogen) atoms. The van der Waals surface area contributed by atoms with E-state index in [-0.39, 0.29) is 36.5 Å². The van der Waals surface area contributed by atoms with Gasteiger partial charge in [-0.1, -0.05) is 18.2 Å². The molecule has 4 rings (SSSR count). The Labute approximate surface area is 221 Å². The van der Waals surface area contributed by atoms with Crippen LogP contribution in [0.1, 0.15) is 17.4 Å². The van der Waals surface area contributed by atoms with Crippen LogP contribution in [0.25, 0.3) is 11.4 Å². The van der Waals surface area contributed by atoms with Crippen LogP contribution in [-0.2, 0) is 0 Å². The van der Waals surface area contributed by atoms with E-state index in [9.17, 15) is 14.7 Å². The quantitative estimate of drug-likeness (QED) is 0.339. The molecule has 0 unspecified atom stereocenters. The zero-order valence-corrected chi connectivity index (χ0v) is 21.6. The SMILES string of the molecule is CCOc1c(NCCO)nc(-c2ccc(NC(=O)Nc3ccccc3)cc2)nc1C(=O)N1CCN(C)CC1. The average Bonchev–Trinajstić information content (AvgIpc) is 2.93. The summed E-state index contributed by atoms with van der Waals surface area (Å²) in [4.78, 5) is 39.1. The lowest BCUT2D eigenvalue weighted by Crippen LogP contribution is -2.47. The Kier molecular flexibility index (Phi) is 9.07. The summed E-state index contributed by atoms with van der Waals surface area (Å²) in [6.45, 7) is 5.00. The van der Waals surface area contributed by atoms with Gasteiger partial charge in [-0.25, -0.2) is 14.8 Å². The average molecular weight is 520 g/mol. The second kappa shape index (κ2) is 12.8. The molecule has 1 aliphatic heterocycles. The minimum absolute atomic E-state index is 0.113. The van der Waals surface area contributed by atoms with Crippen molar-refractivity contribution in [3.05, 3.63) is 60.3 Å². The number of rotatable bonds is 9. The topological polar surface area (TPSA) is 132 Å². The molecule has 11 heteroatoms. The van der Waals surface area contributed by atoms with Gasteiger partial charge in [-0.3, -0.25) is 4.79 Å². The Morgan fingerprint density at radius 1 is 0.947 bits per heavy atom. The van der Waals surface area contributed by atoms with E-state index in [0.29, 0.717) is 48.3 Å². The fourth-order valence-electron chi connectivity index (χ4n) is 3.98. The number of nitrogens with zero attached hydrogens (tertiary/aromatic N) is 4. The fraction of sp³-hybridized carbons (Fsp3) is 0.333. The standard InChI is InChI=1S/C27H33N7O4/c1-3-38-23-22(26(36)34-16-14-33(2)15-17-34)31-24(32-25(23)28-13-18-35)19-9-11-21(12-10-19)30-27(37)29-20-7-5-4-6-8-20/h4-12,35H,3,13-18H2,1-2H3,(H,28,31,32)(H2,29,30,37). The lowest BCUT2D eigenvalue weighted by atomic mass is 10.1. The molecule has 0 spiro atoms. The van der Waals surface area contributed by atoms with Crippen molar-refractivity contribution >= 4 is 29.1 Å². The molecule has 0 bridgehead atoms. The lowest BCUT2D eigenvalue weighted by Gasteiger charge is -2.32. The Balaban J connectivity index is 1.60. The van der Waals surface area contributed by atoms with Crippen LogP contribution in [0.3, 0.4) is 0 Å². The van der Waals surface area contributed by atoms with Crippen LogP contribution in [0, 0.1) is 0 Å². The molecule has 3 amide bonds. The van der Waals surface area contributed by atoms with Gasteiger partial charge in [0.05, 0.1) is 13.2 Å². The molecule has 1 aromatic heterocycles. The van der Waals surface area contributed by atoms with Gasteiger partial charge in [0.25, 0.3) is 5.91 Å². The number of amides is 3. The highest BCUT2D eigenvalue weighted by Crippen LogP contribution is 2.31. The highest BCUT2D eigenvalue weighted by molar-refractivity contribution is 6.00. The van der Waals surface area contributed by atoms with Gasteiger partial charge in [0.2, 0.25) is 0 Å². The monoisotopic (exact) mass is 519 g/mol. The summed E-state index contributed by atoms with van der Waals surface area (Å²) in [6, 6.07) is 15.8. The molecule has 1 saturated heterocycles. The number of anilines is 3. The molecule has 0 radical (unpaired) electrons. The fourth-order valence-corrected chi connectivity index (χ4v) is 3.98. The van der Waals surface area contributed by atoms with Gasteiger partial charge in [0.1, 0.15) is 0 Å². The first-order chi connectivity index (χ1) is 18.5. The number of para-hydroxylation sites is 1. The number of urea groups is 1. The predicted octanol–water partition coefficient (Wildman–Crippen LogP) is 2.98. The van der Waals surface area contributed by atoms with Crippen molar-refractivity contribution < 1.29 is 19.4 Å². The van der Waals surface area contributed by atoms with Gasteiger partial charge in [-0.15, -0.1) is 0 Å². The number of benzene rings is 2. The van der Waals surface area contributed by atoms with Gasteiger partial charge in [0, 0.05) is 49.7 Å². The van der Waals surface area contributed by atoms with Gasteiger partial charge in [-0.05, 0) is 50.4 Å². The van der Waals surface area contributed by atoms with E-state index in [4.69, 9.17) is 4.74 Å². The van der Waals surface area contributed by atoms with Gasteiger partial charge >= 0.3 is 6.03 Å². The number of carbonyl (C=O) groups excluding carboxylic acids is 2. The number of aromatic nitrogens is 2. The van der Waals surface area contributed by atoms with Crippen molar-refractivity contribution in [1.82, 2.24) is 19.8 Å². The first-order valence-electron chi connectivity index (χ1n) is 12.6. The summed E-state index contributed by atoms with van der Waals surface area (Å²) in [6.07, 6.45) is 0. The molecule has 0 aliphatic carbocycles. The third-order valence-electron chi connectivity index (χ3n) is 5.98. The number of aliphatic hydroxyl groups is 1. The van der Waals surface area contributed by atoms with Crippen LogP contribution in [0.15, 0.2) is 54.6 Å². The Morgan fingerprint density at radius 3 is 2.24 bits per heavy atom. The number of hydrogen-bond acceptors (Lipinski definition) is 8. The highest BCUT2D eigenvalue weighted by atomic mass is 16.5. The van der Waals surface area contributed by atoms with Gasteiger partial charge in [-0.2, -0.15) is 0 Å². The summed E-state index contributed by atoms with van der Waals surface area (Å²) < 4.78 is 5.82. The van der Waals surface area contributed by atoms with E-state index in [1.165, 1.54) is 0 Å². The van der Waals surface area contributed by atoms with E-state index in [1.807, 2.05) is 32.2 Å². The molecular formula is C27H33N7O4. The van der Waals surface area contributed by atoms with Crippen LogP contribution in [-0.4, -0.2) is 89.8 Å². The molecule has 11 nitrogen and oxygen atoms in total. The number of aliphatic hydroxyl groups excluding tert-OH is 1. The van der Waals surface area contributed by atoms with Crippen molar-refractivity contribution in [1.29, 1.82) is 0 Å². The van der Waals surface area contributed by atoms with Crippen molar-refractivity contribution in [2.45, 2.75) is 6.92 Å². The summed E-state index contributed by atoms with van der Waals surface area (Å²) in [5.74, 6) is 0.706. The molecule has 1 fully saturated rings. The molecule has 0 saturated carbocycles. The van der Waals surface area contributed by atoms with Crippen LogP contribution in [0.2, 0.25) is 0 Å². The maximum Gasteiger partial charge on any atom is 0.323 e. The smallest absolute Gasteiger partial charge is 0.323 e. The van der Waals surface area contributed by atoms with E-state index in [0.717, 1.165) is 13.1 Å². The van der Waals surface area contributed by atoms with E-state index < -0.39 is 0 Å². The Bertz CT molecular complexity index is 1230. The van der Waals surface area contributed by atoms with E-state index >= 15 is 0 Å². The third-order valence-corrected chi connectivity index (χ3v) is 5.98. The summed E-state index contributed by atoms with van der Waals surface area (Å²) >= 11 is 0. The van der Waals surface area contributed by atoms with Crippen molar-refractivity contribution in [3.8, 4) is 17.1 Å². The Morgan fingerprint density at radius 2 is 1.61 bits per heavy atom. The summed E-state index contributed by atoms with van der Waals surface area (Å²) in [5.41, 5.74) is 2.10. The minimum Gasteiger partial charge on any atom is -0.488 e. The molecule has 4 N–H and O–H groups in total. The Hall–Kier alpha value is -4.22. The second-order valence-corrected chi connectivity index (χ2v) is 8.77. The zero-order chi connectivity index (χ0) is 26.9. The number of ether oxygens (including phenoxy) is 1. The van der Waals surface area contributed by atoms with Crippen LogP contribution < -0.4 is 20.7 Å². The molecule has 2 heterocycles. The largest absolute Gasteiger partial charge is 0.488 e. The zero-order valence-electron chi connectivity index (χ0n) is 21.6. The normalized spacial score (nSPS) is 13.6. The van der Waals surface area contributed by atoms with Gasteiger partial charge in [0.15, 0.2) is 23.1 Å². The number of nitrogens with one attached hydrogen (secondary N) is 3. The number of likely N-dealkylation sites (N-methyl/N-ethyl adjacent to an activating group) is 1. The predicted molar refractivity (Wildman–Crippen MR) is 147 cm³/mol. The van der Waals surface area contributed by atoms with Crippen molar-refractivity contribution in [2.24, 2.45) is 0 Å². The van der Waals surface area contributed by atoms with Crippen molar-refractivity contribution in [2.75, 3.05) is 68.9 Å². The van der Waals surface area contributed by atoms with Crippen molar-refractivity contribution in [3.63, 3.8) is 0 Å². The van der Waals surface area contributed by atoms with Crippen LogP contribution in [0.5, 0.6) is 5.75 Å². The number of carbonyl (C=O) groups is 2. The summed E-state index contributed by atoms with van der Waals surface area (Å²) in [7, 11) is 2.02. The number of hydrogen-bond donors (Lipinski definition) is 4. The molecule has 3 aromatic rings. The molecule has 200 valence electrons. The van der Waals surface area contributed by atoms with Crippen LogP contribution >= 0.6 is 0 Å². The molecule has 2 aromatic carbocycles. The lowest BCUT2D eigenvalue weighted by molar-refractivity contribution is 0.0653. The van der Waals surface area contributed by atoms with Gasteiger partial charge < -0.3 is 35.6 Å². The molecular weight excluding hydrogens is 486 g/mol. The van der Waals surface area contributed by atoms with Crippen LogP contribution in [0.4, 0.5) is 22.0 Å². The maximum atomic E-state index is 13.5. The minimum atomic E-state index is -0.364. The molecule has 1 aliphatic rings. The van der Waals surface area contributed by atoms with E-state index in [1.54, 1.807) is 41.3 Å². The highest BCUT2D eigenvalue weighted by Gasteiger charge is 2.28. The first kappa shape index (κ1) is 26.8. The third kappa shape index (κ3) is 6.75. The first-order valence-corrected chi connectivity index (χ1v) is 12.6. The van der Waals surface area contributed by atoms with E-state index in [2.05, 4.69) is 30.8 Å².